The first-order valence-corrected chi connectivity index (χ1v) is 5.72. The third kappa shape index (κ3) is 1.60. The SMILES string of the molecule is O=[C]Oc1cc(CO)cc2c1-c1ccccc1C2. The van der Waals surface area contributed by atoms with E-state index in [0.717, 1.165) is 28.7 Å². The van der Waals surface area contributed by atoms with Crippen molar-refractivity contribution in [2.75, 3.05) is 0 Å². The second-order valence-electron chi connectivity index (χ2n) is 4.31. The van der Waals surface area contributed by atoms with Crippen molar-refractivity contribution >= 4 is 6.47 Å². The van der Waals surface area contributed by atoms with Crippen molar-refractivity contribution in [3.8, 4) is 16.9 Å². The van der Waals surface area contributed by atoms with Crippen LogP contribution in [-0.4, -0.2) is 11.6 Å². The molecule has 0 unspecified atom stereocenters. The molecule has 18 heavy (non-hydrogen) atoms. The molecule has 0 aliphatic heterocycles. The third-order valence-electron chi connectivity index (χ3n) is 3.25. The Balaban J connectivity index is 2.23. The summed E-state index contributed by atoms with van der Waals surface area (Å²) in [5.74, 6) is 0.469. The van der Waals surface area contributed by atoms with E-state index in [4.69, 9.17) is 4.74 Å². The molecule has 0 saturated carbocycles. The van der Waals surface area contributed by atoms with Crippen LogP contribution in [0.4, 0.5) is 0 Å². The van der Waals surface area contributed by atoms with E-state index in [1.807, 2.05) is 24.3 Å². The zero-order chi connectivity index (χ0) is 12.5. The van der Waals surface area contributed by atoms with Crippen LogP contribution in [0.1, 0.15) is 16.7 Å². The minimum Gasteiger partial charge on any atom is -0.417 e. The number of aliphatic hydroxyl groups is 1. The molecule has 3 rings (SSSR count). The molecule has 0 fully saturated rings. The Labute approximate surface area is 105 Å². The Morgan fingerprint density at radius 1 is 1.22 bits per heavy atom. The molecule has 0 atom stereocenters. The minimum atomic E-state index is -0.0706. The zero-order valence-electron chi connectivity index (χ0n) is 9.64. The summed E-state index contributed by atoms with van der Waals surface area (Å²) in [6, 6.07) is 11.7. The molecule has 1 aliphatic carbocycles. The maximum Gasteiger partial charge on any atom is 0.423 e. The summed E-state index contributed by atoms with van der Waals surface area (Å²) >= 11 is 0. The standard InChI is InChI=1S/C15H11O3/c16-8-10-5-12-7-11-3-1-2-4-13(11)15(12)14(6-10)18-9-17/h1-6,16H,7-8H2. The average molecular weight is 239 g/mol. The summed E-state index contributed by atoms with van der Waals surface area (Å²) in [4.78, 5) is 10.5. The first kappa shape index (κ1) is 11.0. The summed E-state index contributed by atoms with van der Waals surface area (Å²) in [6.45, 7) is 1.39. The number of carbonyl (C=O) groups excluding carboxylic acids is 1. The van der Waals surface area contributed by atoms with Gasteiger partial charge >= 0.3 is 6.47 Å². The summed E-state index contributed by atoms with van der Waals surface area (Å²) in [7, 11) is 0. The molecule has 2 aromatic rings. The van der Waals surface area contributed by atoms with E-state index in [2.05, 4.69) is 6.07 Å². The predicted molar refractivity (Wildman–Crippen MR) is 66.9 cm³/mol. The predicted octanol–water partition coefficient (Wildman–Crippen LogP) is 2.20. The van der Waals surface area contributed by atoms with Gasteiger partial charge in [0.1, 0.15) is 5.75 Å². The van der Waals surface area contributed by atoms with Gasteiger partial charge in [-0.15, -0.1) is 0 Å². The summed E-state index contributed by atoms with van der Waals surface area (Å²) in [5.41, 5.74) is 5.05. The van der Waals surface area contributed by atoms with Gasteiger partial charge in [-0.25, -0.2) is 4.79 Å². The molecule has 0 amide bonds. The van der Waals surface area contributed by atoms with E-state index in [-0.39, 0.29) is 6.61 Å². The first-order valence-electron chi connectivity index (χ1n) is 5.72. The van der Waals surface area contributed by atoms with Gasteiger partial charge in [0.25, 0.3) is 0 Å². The van der Waals surface area contributed by atoms with Crippen LogP contribution in [0.5, 0.6) is 5.75 Å². The van der Waals surface area contributed by atoms with Crippen LogP contribution in [0.15, 0.2) is 36.4 Å². The topological polar surface area (TPSA) is 46.5 Å². The molecule has 0 aromatic heterocycles. The highest BCUT2D eigenvalue weighted by Crippen LogP contribution is 2.43. The van der Waals surface area contributed by atoms with Gasteiger partial charge in [-0.3, -0.25) is 0 Å². The largest absolute Gasteiger partial charge is 0.423 e. The Kier molecular flexibility index (Phi) is 2.61. The molecule has 3 nitrogen and oxygen atoms in total. The van der Waals surface area contributed by atoms with Gasteiger partial charge in [-0.1, -0.05) is 30.3 Å². The minimum absolute atomic E-state index is 0.0706. The Morgan fingerprint density at radius 2 is 2.06 bits per heavy atom. The Bertz CT molecular complexity index is 617. The summed E-state index contributed by atoms with van der Waals surface area (Å²) in [6.07, 6.45) is 0.800. The van der Waals surface area contributed by atoms with Gasteiger partial charge in [0.15, 0.2) is 0 Å². The fourth-order valence-electron chi connectivity index (χ4n) is 2.52. The molecule has 0 heterocycles. The van der Waals surface area contributed by atoms with Crippen molar-refractivity contribution in [3.63, 3.8) is 0 Å². The van der Waals surface area contributed by atoms with Gasteiger partial charge < -0.3 is 9.84 Å². The fourth-order valence-corrected chi connectivity index (χ4v) is 2.52. The molecule has 1 N–H and O–H groups in total. The molecule has 0 saturated heterocycles. The number of aliphatic hydroxyl groups excluding tert-OH is 1. The van der Waals surface area contributed by atoms with Gasteiger partial charge in [-0.05, 0) is 34.7 Å². The number of hydrogen-bond donors (Lipinski definition) is 1. The van der Waals surface area contributed by atoms with E-state index < -0.39 is 0 Å². The van der Waals surface area contributed by atoms with E-state index in [1.54, 1.807) is 6.07 Å². The van der Waals surface area contributed by atoms with Gasteiger partial charge in [-0.2, -0.15) is 0 Å². The second-order valence-corrected chi connectivity index (χ2v) is 4.31. The van der Waals surface area contributed by atoms with Crippen molar-refractivity contribution in [1.82, 2.24) is 0 Å². The number of benzene rings is 2. The molecular formula is C15H11O3. The molecule has 89 valence electrons. The lowest BCUT2D eigenvalue weighted by Gasteiger charge is -2.09. The lowest BCUT2D eigenvalue weighted by atomic mass is 10.0. The van der Waals surface area contributed by atoms with E-state index in [0.29, 0.717) is 5.75 Å². The Morgan fingerprint density at radius 3 is 2.83 bits per heavy atom. The zero-order valence-corrected chi connectivity index (χ0v) is 9.64. The molecule has 0 bridgehead atoms. The smallest absolute Gasteiger partial charge is 0.417 e. The van der Waals surface area contributed by atoms with Crippen LogP contribution in [0.3, 0.4) is 0 Å². The van der Waals surface area contributed by atoms with Crippen LogP contribution in [0.2, 0.25) is 0 Å². The Hall–Kier alpha value is -2.13. The second kappa shape index (κ2) is 4.27. The van der Waals surface area contributed by atoms with Crippen LogP contribution >= 0.6 is 0 Å². The van der Waals surface area contributed by atoms with Crippen molar-refractivity contribution in [2.24, 2.45) is 0 Å². The molecule has 1 radical (unpaired) electrons. The maximum atomic E-state index is 10.5. The quantitative estimate of drug-likeness (QED) is 0.762. The molecule has 3 heteroatoms. The van der Waals surface area contributed by atoms with E-state index in [1.165, 1.54) is 12.0 Å². The lowest BCUT2D eigenvalue weighted by Crippen LogP contribution is -1.95. The van der Waals surface area contributed by atoms with Crippen LogP contribution < -0.4 is 4.74 Å². The van der Waals surface area contributed by atoms with Crippen molar-refractivity contribution < 1.29 is 14.6 Å². The summed E-state index contributed by atoms with van der Waals surface area (Å²) in [5, 5.41) is 9.22. The van der Waals surface area contributed by atoms with E-state index >= 15 is 0 Å². The normalized spacial score (nSPS) is 11.8. The summed E-state index contributed by atoms with van der Waals surface area (Å²) < 4.78 is 4.93. The molecule has 0 spiro atoms. The highest BCUT2D eigenvalue weighted by Gasteiger charge is 2.23. The van der Waals surface area contributed by atoms with E-state index in [9.17, 15) is 9.90 Å². The highest BCUT2D eigenvalue weighted by molar-refractivity contribution is 5.83. The lowest BCUT2D eigenvalue weighted by molar-refractivity contribution is 0.281. The van der Waals surface area contributed by atoms with Crippen LogP contribution in [-0.2, 0) is 17.8 Å². The van der Waals surface area contributed by atoms with Gasteiger partial charge in [0.2, 0.25) is 0 Å². The third-order valence-corrected chi connectivity index (χ3v) is 3.25. The maximum absolute atomic E-state index is 10.5. The highest BCUT2D eigenvalue weighted by atomic mass is 16.5. The van der Waals surface area contributed by atoms with Crippen molar-refractivity contribution in [2.45, 2.75) is 13.0 Å². The molecule has 2 aromatic carbocycles. The number of fused-ring (bicyclic) bond motifs is 3. The monoisotopic (exact) mass is 239 g/mol. The van der Waals surface area contributed by atoms with Gasteiger partial charge in [0, 0.05) is 5.56 Å². The van der Waals surface area contributed by atoms with Crippen LogP contribution in [0.25, 0.3) is 11.1 Å². The number of rotatable bonds is 3. The van der Waals surface area contributed by atoms with Gasteiger partial charge in [0.05, 0.1) is 6.61 Å². The fraction of sp³-hybridized carbons (Fsp3) is 0.133. The average Bonchev–Trinajstić information content (AvgIpc) is 2.77. The molecular weight excluding hydrogens is 228 g/mol. The first-order chi connectivity index (χ1) is 8.83. The van der Waals surface area contributed by atoms with Crippen LogP contribution in [0, 0.1) is 0 Å². The molecule has 1 aliphatic rings. The van der Waals surface area contributed by atoms with Crippen molar-refractivity contribution in [3.05, 3.63) is 53.1 Å². The van der Waals surface area contributed by atoms with Crippen molar-refractivity contribution in [1.29, 1.82) is 0 Å². The number of hydrogen-bond acceptors (Lipinski definition) is 3. The number of ether oxygens (including phenoxy) is 1.